The Balaban J connectivity index is 3.30. The van der Waals surface area contributed by atoms with E-state index < -0.39 is 32.6 Å². The maximum absolute atomic E-state index is 13.6. The van der Waals surface area contributed by atoms with E-state index in [1.165, 1.54) is 0 Å². The Kier molecular flexibility index (Phi) is 4.94. The summed E-state index contributed by atoms with van der Waals surface area (Å²) in [5, 5.41) is 0. The monoisotopic (exact) mass is 308 g/mol. The fraction of sp³-hybridized carbons (Fsp3) is 0.364. The summed E-state index contributed by atoms with van der Waals surface area (Å²) >= 11 is 4.68. The highest BCUT2D eigenvalue weighted by molar-refractivity contribution is 7.89. The van der Waals surface area contributed by atoms with Crippen molar-refractivity contribution in [2.45, 2.75) is 24.8 Å². The van der Waals surface area contributed by atoms with Gasteiger partial charge in [0.2, 0.25) is 10.0 Å². The number of hydrogen-bond donors (Lipinski definition) is 1. The Morgan fingerprint density at radius 3 is 2.42 bits per heavy atom. The minimum absolute atomic E-state index is 0.0280. The highest BCUT2D eigenvalue weighted by Gasteiger charge is 2.30. The molecular weight excluding hydrogens is 294 g/mol. The molecule has 0 unspecified atom stereocenters. The summed E-state index contributed by atoms with van der Waals surface area (Å²) in [5.41, 5.74) is 5.34. The van der Waals surface area contributed by atoms with Gasteiger partial charge in [-0.1, -0.05) is 12.2 Å². The van der Waals surface area contributed by atoms with E-state index in [0.29, 0.717) is 6.07 Å². The molecule has 0 atom stereocenters. The molecule has 0 aliphatic heterocycles. The summed E-state index contributed by atoms with van der Waals surface area (Å²) in [6.07, 6.45) is 0. The average molecular weight is 308 g/mol. The number of thiocarbonyl (C=S) groups is 1. The van der Waals surface area contributed by atoms with Gasteiger partial charge < -0.3 is 5.73 Å². The van der Waals surface area contributed by atoms with Gasteiger partial charge in [0.15, 0.2) is 0 Å². The van der Waals surface area contributed by atoms with Crippen molar-refractivity contribution in [3.8, 4) is 0 Å². The SMILES string of the molecule is CC(C)N(CC(N)=S)S(=O)(=O)c1ccc(F)cc1F. The van der Waals surface area contributed by atoms with Crippen LogP contribution < -0.4 is 5.73 Å². The second kappa shape index (κ2) is 5.89. The van der Waals surface area contributed by atoms with Crippen LogP contribution in [0.2, 0.25) is 0 Å². The summed E-state index contributed by atoms with van der Waals surface area (Å²) in [6.45, 7) is 3.01. The number of halogens is 2. The molecule has 0 aliphatic rings. The lowest BCUT2D eigenvalue weighted by molar-refractivity contribution is 0.388. The van der Waals surface area contributed by atoms with Crippen LogP contribution in [0.4, 0.5) is 8.78 Å². The lowest BCUT2D eigenvalue weighted by Gasteiger charge is -2.25. The molecule has 106 valence electrons. The Hall–Kier alpha value is -1.12. The van der Waals surface area contributed by atoms with Gasteiger partial charge >= 0.3 is 0 Å². The van der Waals surface area contributed by atoms with E-state index in [1.54, 1.807) is 13.8 Å². The molecule has 2 N–H and O–H groups in total. The second-order valence-corrected chi connectivity index (χ2v) is 6.57. The summed E-state index contributed by atoms with van der Waals surface area (Å²) in [7, 11) is -4.12. The van der Waals surface area contributed by atoms with E-state index in [9.17, 15) is 17.2 Å². The number of rotatable bonds is 5. The van der Waals surface area contributed by atoms with E-state index in [0.717, 1.165) is 16.4 Å². The summed E-state index contributed by atoms with van der Waals surface area (Å²) < 4.78 is 52.0. The molecule has 0 saturated heterocycles. The van der Waals surface area contributed by atoms with Gasteiger partial charge in [-0.25, -0.2) is 17.2 Å². The van der Waals surface area contributed by atoms with Gasteiger partial charge in [0, 0.05) is 12.1 Å². The molecule has 0 bridgehead atoms. The molecule has 8 heteroatoms. The number of hydrogen-bond acceptors (Lipinski definition) is 3. The first-order chi connectivity index (χ1) is 8.66. The molecule has 0 radical (unpaired) electrons. The molecular formula is C11H14F2N2O2S2. The average Bonchev–Trinajstić information content (AvgIpc) is 2.24. The Morgan fingerprint density at radius 2 is 2.00 bits per heavy atom. The first-order valence-electron chi connectivity index (χ1n) is 5.41. The molecule has 19 heavy (non-hydrogen) atoms. The van der Waals surface area contributed by atoms with Gasteiger partial charge in [0.1, 0.15) is 16.5 Å². The molecule has 0 spiro atoms. The van der Waals surface area contributed by atoms with Crippen LogP contribution in [0.1, 0.15) is 13.8 Å². The number of benzene rings is 1. The van der Waals surface area contributed by atoms with Gasteiger partial charge in [-0.2, -0.15) is 4.31 Å². The zero-order chi connectivity index (χ0) is 14.8. The van der Waals surface area contributed by atoms with Gasteiger partial charge in [-0.3, -0.25) is 0 Å². The van der Waals surface area contributed by atoms with Crippen molar-refractivity contribution < 1.29 is 17.2 Å². The van der Waals surface area contributed by atoms with Crippen LogP contribution in [0.15, 0.2) is 23.1 Å². The molecule has 0 saturated carbocycles. The third-order valence-corrected chi connectivity index (χ3v) is 4.55. The molecule has 0 aliphatic carbocycles. The van der Waals surface area contributed by atoms with E-state index >= 15 is 0 Å². The van der Waals surface area contributed by atoms with Crippen molar-refractivity contribution in [3.05, 3.63) is 29.8 Å². The van der Waals surface area contributed by atoms with Crippen LogP contribution >= 0.6 is 12.2 Å². The van der Waals surface area contributed by atoms with E-state index in [-0.39, 0.29) is 11.5 Å². The van der Waals surface area contributed by atoms with Gasteiger partial charge in [-0.15, -0.1) is 0 Å². The van der Waals surface area contributed by atoms with Crippen molar-refractivity contribution in [2.75, 3.05) is 6.54 Å². The van der Waals surface area contributed by atoms with E-state index in [4.69, 9.17) is 5.73 Å². The fourth-order valence-electron chi connectivity index (χ4n) is 1.51. The predicted molar refractivity (Wildman–Crippen MR) is 72.2 cm³/mol. The quantitative estimate of drug-likeness (QED) is 0.840. The summed E-state index contributed by atoms with van der Waals surface area (Å²) in [5.74, 6) is -1.99. The maximum Gasteiger partial charge on any atom is 0.246 e. The van der Waals surface area contributed by atoms with Crippen LogP contribution in [0.25, 0.3) is 0 Å². The van der Waals surface area contributed by atoms with E-state index in [1.807, 2.05) is 0 Å². The van der Waals surface area contributed by atoms with E-state index in [2.05, 4.69) is 12.2 Å². The minimum atomic E-state index is -4.12. The fourth-order valence-corrected chi connectivity index (χ4v) is 3.39. The molecule has 1 aromatic carbocycles. The largest absolute Gasteiger partial charge is 0.392 e. The summed E-state index contributed by atoms with van der Waals surface area (Å²) in [4.78, 5) is -0.626. The highest BCUT2D eigenvalue weighted by atomic mass is 32.2. The minimum Gasteiger partial charge on any atom is -0.392 e. The van der Waals surface area contributed by atoms with Gasteiger partial charge in [-0.05, 0) is 26.0 Å². The zero-order valence-electron chi connectivity index (χ0n) is 10.4. The van der Waals surface area contributed by atoms with Crippen molar-refractivity contribution in [1.82, 2.24) is 4.31 Å². The Morgan fingerprint density at radius 1 is 1.42 bits per heavy atom. The van der Waals surface area contributed by atoms with Crippen LogP contribution in [0.5, 0.6) is 0 Å². The second-order valence-electron chi connectivity index (χ2n) is 4.19. The normalized spacial score (nSPS) is 12.1. The first-order valence-corrected chi connectivity index (χ1v) is 7.26. The molecule has 4 nitrogen and oxygen atoms in total. The number of sulfonamides is 1. The molecule has 0 aromatic heterocycles. The van der Waals surface area contributed by atoms with Crippen LogP contribution in [0.3, 0.4) is 0 Å². The van der Waals surface area contributed by atoms with Crippen LogP contribution in [-0.2, 0) is 10.0 Å². The topological polar surface area (TPSA) is 63.4 Å². The van der Waals surface area contributed by atoms with Crippen LogP contribution in [-0.4, -0.2) is 30.3 Å². The highest BCUT2D eigenvalue weighted by Crippen LogP contribution is 2.21. The molecule has 0 heterocycles. The lowest BCUT2D eigenvalue weighted by atomic mass is 10.3. The van der Waals surface area contributed by atoms with Crippen molar-refractivity contribution in [1.29, 1.82) is 0 Å². The summed E-state index contributed by atoms with van der Waals surface area (Å²) in [6, 6.07) is 1.83. The number of nitrogens with zero attached hydrogens (tertiary/aromatic N) is 1. The predicted octanol–water partition coefficient (Wildman–Crippen LogP) is 1.65. The van der Waals surface area contributed by atoms with Crippen molar-refractivity contribution >= 4 is 27.2 Å². The van der Waals surface area contributed by atoms with Crippen molar-refractivity contribution in [2.24, 2.45) is 5.73 Å². The third kappa shape index (κ3) is 3.68. The maximum atomic E-state index is 13.6. The smallest absolute Gasteiger partial charge is 0.246 e. The lowest BCUT2D eigenvalue weighted by Crippen LogP contribution is -2.42. The van der Waals surface area contributed by atoms with Crippen molar-refractivity contribution in [3.63, 3.8) is 0 Å². The molecule has 1 rings (SSSR count). The number of nitrogens with two attached hydrogens (primary N) is 1. The zero-order valence-corrected chi connectivity index (χ0v) is 12.1. The third-order valence-electron chi connectivity index (χ3n) is 2.37. The van der Waals surface area contributed by atoms with Gasteiger partial charge in [0.25, 0.3) is 0 Å². The Labute approximate surface area is 116 Å². The molecule has 1 aromatic rings. The Bertz CT molecular complexity index is 588. The standard InChI is InChI=1S/C11H14F2N2O2S2/c1-7(2)15(6-11(14)18)19(16,17)10-4-3-8(12)5-9(10)13/h3-5,7H,6H2,1-2H3,(H2,14,18). The molecule has 0 fully saturated rings. The van der Waals surface area contributed by atoms with Gasteiger partial charge in [0.05, 0.1) is 11.5 Å². The molecule has 0 amide bonds. The first kappa shape index (κ1) is 15.9. The van der Waals surface area contributed by atoms with Crippen LogP contribution in [0, 0.1) is 11.6 Å².